The largest absolute Gasteiger partial charge is 0.345 e. The molecule has 3 N–H and O–H groups in total. The summed E-state index contributed by atoms with van der Waals surface area (Å²) in [6, 6.07) is 7.38. The number of amides is 1. The van der Waals surface area contributed by atoms with Crippen molar-refractivity contribution in [3.63, 3.8) is 0 Å². The number of aromatic nitrogens is 2. The van der Waals surface area contributed by atoms with Gasteiger partial charge in [0.2, 0.25) is 0 Å². The zero-order valence-corrected chi connectivity index (χ0v) is 13.6. The summed E-state index contributed by atoms with van der Waals surface area (Å²) in [7, 11) is 0. The summed E-state index contributed by atoms with van der Waals surface area (Å²) in [5.74, 6) is 0.151. The second-order valence-electron chi connectivity index (χ2n) is 6.24. The van der Waals surface area contributed by atoms with Crippen LogP contribution in [0.15, 0.2) is 36.7 Å². The minimum atomic E-state index is -0.408. The second-order valence-corrected chi connectivity index (χ2v) is 6.24. The quantitative estimate of drug-likeness (QED) is 0.889. The smallest absolute Gasteiger partial charge is 0.251 e. The van der Waals surface area contributed by atoms with Crippen LogP contribution < -0.4 is 11.1 Å². The summed E-state index contributed by atoms with van der Waals surface area (Å²) >= 11 is 0. The number of nitrogens with two attached hydrogens (primary N) is 1. The number of hydrogen-bond donors (Lipinski definition) is 2. The summed E-state index contributed by atoms with van der Waals surface area (Å²) < 4.78 is 1.79. The molecule has 0 aliphatic heterocycles. The highest BCUT2D eigenvalue weighted by atomic mass is 16.1. The highest BCUT2D eigenvalue weighted by Crippen LogP contribution is 2.16. The van der Waals surface area contributed by atoms with E-state index in [1.54, 1.807) is 23.0 Å². The van der Waals surface area contributed by atoms with Crippen molar-refractivity contribution >= 4 is 5.91 Å². The van der Waals surface area contributed by atoms with Gasteiger partial charge < -0.3 is 11.1 Å². The van der Waals surface area contributed by atoms with Crippen LogP contribution in [0.25, 0.3) is 5.69 Å². The summed E-state index contributed by atoms with van der Waals surface area (Å²) in [6.45, 7) is 8.47. The van der Waals surface area contributed by atoms with E-state index in [0.717, 1.165) is 11.3 Å². The Bertz CT molecular complexity index is 645. The van der Waals surface area contributed by atoms with E-state index in [-0.39, 0.29) is 11.8 Å². The van der Waals surface area contributed by atoms with E-state index in [1.165, 1.54) is 0 Å². The van der Waals surface area contributed by atoms with Gasteiger partial charge in [0.1, 0.15) is 0 Å². The van der Waals surface area contributed by atoms with Crippen LogP contribution in [0.4, 0.5) is 0 Å². The van der Waals surface area contributed by atoms with Crippen molar-refractivity contribution in [1.82, 2.24) is 15.1 Å². The van der Waals surface area contributed by atoms with Gasteiger partial charge in [-0.15, -0.1) is 0 Å². The Hall–Kier alpha value is -2.14. The van der Waals surface area contributed by atoms with Crippen LogP contribution in [0.5, 0.6) is 0 Å². The van der Waals surface area contributed by atoms with Crippen LogP contribution >= 0.6 is 0 Å². The van der Waals surface area contributed by atoms with E-state index >= 15 is 0 Å². The van der Waals surface area contributed by atoms with Gasteiger partial charge in [0.05, 0.1) is 17.4 Å². The zero-order valence-electron chi connectivity index (χ0n) is 13.6. The van der Waals surface area contributed by atoms with Gasteiger partial charge in [-0.3, -0.25) is 4.79 Å². The molecule has 0 saturated heterocycles. The molecular weight excluding hydrogens is 276 g/mol. The third-order valence-corrected chi connectivity index (χ3v) is 4.20. The van der Waals surface area contributed by atoms with Crippen molar-refractivity contribution in [2.24, 2.45) is 11.7 Å². The van der Waals surface area contributed by atoms with Crippen molar-refractivity contribution in [1.29, 1.82) is 0 Å². The number of nitrogens with zero attached hydrogens (tertiary/aromatic N) is 2. The molecule has 0 fully saturated rings. The van der Waals surface area contributed by atoms with Crippen LogP contribution in [0.2, 0.25) is 0 Å². The summed E-state index contributed by atoms with van der Waals surface area (Å²) in [4.78, 5) is 12.4. The summed E-state index contributed by atoms with van der Waals surface area (Å²) in [5, 5.41) is 7.29. The van der Waals surface area contributed by atoms with E-state index < -0.39 is 5.54 Å². The van der Waals surface area contributed by atoms with Gasteiger partial charge in [-0.05, 0) is 49.6 Å². The Morgan fingerprint density at radius 1 is 1.36 bits per heavy atom. The third kappa shape index (κ3) is 3.36. The molecule has 2 rings (SSSR count). The molecule has 5 heteroatoms. The molecular formula is C17H24N4O. The Morgan fingerprint density at radius 2 is 2.00 bits per heavy atom. The fourth-order valence-corrected chi connectivity index (χ4v) is 2.08. The Labute approximate surface area is 131 Å². The van der Waals surface area contributed by atoms with Crippen molar-refractivity contribution in [3.05, 3.63) is 47.8 Å². The normalized spacial score (nSPS) is 13.9. The molecule has 1 unspecified atom stereocenters. The van der Waals surface area contributed by atoms with E-state index in [2.05, 4.69) is 24.3 Å². The molecule has 1 aromatic carbocycles. The molecule has 5 nitrogen and oxygen atoms in total. The van der Waals surface area contributed by atoms with Crippen LogP contribution in [0.3, 0.4) is 0 Å². The molecule has 118 valence electrons. The summed E-state index contributed by atoms with van der Waals surface area (Å²) in [6.07, 6.45) is 3.75. The maximum Gasteiger partial charge on any atom is 0.251 e. The molecule has 2 aromatic rings. The lowest BCUT2D eigenvalue weighted by Gasteiger charge is -2.33. The number of rotatable bonds is 5. The predicted molar refractivity (Wildman–Crippen MR) is 88.1 cm³/mol. The van der Waals surface area contributed by atoms with Gasteiger partial charge in [-0.1, -0.05) is 13.8 Å². The van der Waals surface area contributed by atoms with Gasteiger partial charge in [0.25, 0.3) is 5.91 Å². The lowest BCUT2D eigenvalue weighted by atomic mass is 9.88. The van der Waals surface area contributed by atoms with Crippen LogP contribution in [0, 0.1) is 12.8 Å². The lowest BCUT2D eigenvalue weighted by Crippen LogP contribution is -2.55. The van der Waals surface area contributed by atoms with E-state index in [1.807, 2.05) is 32.2 Å². The molecule has 22 heavy (non-hydrogen) atoms. The van der Waals surface area contributed by atoms with E-state index in [4.69, 9.17) is 5.73 Å². The molecule has 1 heterocycles. The minimum absolute atomic E-state index is 0.107. The van der Waals surface area contributed by atoms with Gasteiger partial charge >= 0.3 is 0 Å². The fourth-order valence-electron chi connectivity index (χ4n) is 2.08. The van der Waals surface area contributed by atoms with Crippen LogP contribution in [-0.2, 0) is 0 Å². The monoisotopic (exact) mass is 300 g/mol. The lowest BCUT2D eigenvalue weighted by molar-refractivity contribution is 0.0883. The van der Waals surface area contributed by atoms with E-state index in [9.17, 15) is 4.79 Å². The molecule has 1 atom stereocenters. The fraction of sp³-hybridized carbons (Fsp3) is 0.412. The number of benzene rings is 1. The predicted octanol–water partition coefficient (Wildman–Crippen LogP) is 2.28. The molecule has 0 spiro atoms. The van der Waals surface area contributed by atoms with Gasteiger partial charge in [-0.25, -0.2) is 4.68 Å². The number of aryl methyl sites for hydroxylation is 1. The minimum Gasteiger partial charge on any atom is -0.345 e. The molecule has 0 saturated carbocycles. The molecule has 0 aliphatic carbocycles. The van der Waals surface area contributed by atoms with Crippen molar-refractivity contribution in [3.8, 4) is 5.69 Å². The summed E-state index contributed by atoms with van der Waals surface area (Å²) in [5.41, 5.74) is 8.04. The number of nitrogens with one attached hydrogen (secondary N) is 1. The standard InChI is InChI=1S/C17H24N4O/c1-12(2)17(4,11-18)20-16(22)14-5-7-15(8-6-14)21-10-13(3)9-19-21/h5-10,12H,11,18H2,1-4H3,(H,20,22). The third-order valence-electron chi connectivity index (χ3n) is 4.20. The topological polar surface area (TPSA) is 72.9 Å². The first-order valence-corrected chi connectivity index (χ1v) is 7.50. The van der Waals surface area contributed by atoms with Crippen molar-refractivity contribution < 1.29 is 4.79 Å². The molecule has 1 amide bonds. The Morgan fingerprint density at radius 3 is 2.45 bits per heavy atom. The number of hydrogen-bond acceptors (Lipinski definition) is 3. The Balaban J connectivity index is 2.15. The SMILES string of the molecule is Cc1cnn(-c2ccc(C(=O)NC(C)(CN)C(C)C)cc2)c1. The van der Waals surface area contributed by atoms with Crippen LogP contribution in [0.1, 0.15) is 36.7 Å². The van der Waals surface area contributed by atoms with E-state index in [0.29, 0.717) is 12.1 Å². The molecule has 0 radical (unpaired) electrons. The van der Waals surface area contributed by atoms with Gasteiger partial charge in [-0.2, -0.15) is 5.10 Å². The first-order valence-electron chi connectivity index (χ1n) is 7.50. The molecule has 0 aliphatic rings. The molecule has 1 aromatic heterocycles. The molecule has 0 bridgehead atoms. The highest BCUT2D eigenvalue weighted by molar-refractivity contribution is 5.94. The van der Waals surface area contributed by atoms with Crippen molar-refractivity contribution in [2.75, 3.05) is 6.54 Å². The first-order chi connectivity index (χ1) is 10.4. The van der Waals surface area contributed by atoms with Crippen molar-refractivity contribution in [2.45, 2.75) is 33.2 Å². The van der Waals surface area contributed by atoms with Gasteiger partial charge in [0.15, 0.2) is 0 Å². The average Bonchev–Trinajstić information content (AvgIpc) is 2.93. The number of carbonyl (C=O) groups excluding carboxylic acids is 1. The number of carbonyl (C=O) groups is 1. The highest BCUT2D eigenvalue weighted by Gasteiger charge is 2.28. The zero-order chi connectivity index (χ0) is 16.3. The second kappa shape index (κ2) is 6.32. The van der Waals surface area contributed by atoms with Crippen LogP contribution in [-0.4, -0.2) is 27.8 Å². The van der Waals surface area contributed by atoms with Gasteiger partial charge in [0, 0.05) is 18.3 Å². The Kier molecular flexibility index (Phi) is 4.66. The maximum atomic E-state index is 12.4. The first kappa shape index (κ1) is 16.2. The maximum absolute atomic E-state index is 12.4. The average molecular weight is 300 g/mol.